The number of Topliss-reactive ketones (excluding diaryl/α,β-unsaturated/α-hetero) is 1. The highest BCUT2D eigenvalue weighted by molar-refractivity contribution is 6.11. The van der Waals surface area contributed by atoms with Crippen LogP contribution in [0.3, 0.4) is 0 Å². The van der Waals surface area contributed by atoms with Gasteiger partial charge >= 0.3 is 0 Å². The topological polar surface area (TPSA) is 77.9 Å². The van der Waals surface area contributed by atoms with E-state index in [9.17, 15) is 9.90 Å². The molecule has 25 heavy (non-hydrogen) atoms. The fraction of sp³-hybridized carbons (Fsp3) is 0.222. The maximum absolute atomic E-state index is 12.6. The lowest BCUT2D eigenvalue weighted by Crippen LogP contribution is -2.03. The van der Waals surface area contributed by atoms with Gasteiger partial charge in [-0.15, -0.1) is 12.4 Å². The lowest BCUT2D eigenvalue weighted by Gasteiger charge is -2.08. The van der Waals surface area contributed by atoms with Crippen LogP contribution in [0.4, 0.5) is 0 Å². The third kappa shape index (κ3) is 4.87. The van der Waals surface area contributed by atoms with Crippen LogP contribution < -0.4 is 14.2 Å². The largest absolute Gasteiger partial charge is 0.504 e. The second-order valence-corrected chi connectivity index (χ2v) is 5.03. The van der Waals surface area contributed by atoms with Crippen LogP contribution in [0.1, 0.15) is 22.8 Å². The molecule has 0 saturated carbocycles. The van der Waals surface area contributed by atoms with Crippen molar-refractivity contribution < 1.29 is 24.1 Å². The van der Waals surface area contributed by atoms with E-state index in [2.05, 4.69) is 4.98 Å². The van der Waals surface area contributed by atoms with Crippen LogP contribution in [0.5, 0.6) is 23.3 Å². The van der Waals surface area contributed by atoms with Crippen molar-refractivity contribution in [1.82, 2.24) is 4.98 Å². The van der Waals surface area contributed by atoms with Crippen molar-refractivity contribution in [2.75, 3.05) is 21.3 Å². The standard InChI is InChI=1S/C18H19NO5.ClH/c1-11(7-12-5-6-15(22-2)14(20)8-12)18(21)13-9-16(23-3)19-17(10-13)24-4;/h5-10,20H,1-4H3;1H/b11-7+;. The van der Waals surface area contributed by atoms with Gasteiger partial charge in [0.1, 0.15) is 0 Å². The molecule has 2 rings (SSSR count). The minimum atomic E-state index is -0.190. The molecular weight excluding hydrogens is 346 g/mol. The summed E-state index contributed by atoms with van der Waals surface area (Å²) in [6, 6.07) is 8.02. The van der Waals surface area contributed by atoms with Gasteiger partial charge in [-0.2, -0.15) is 4.98 Å². The van der Waals surface area contributed by atoms with Crippen molar-refractivity contribution in [2.45, 2.75) is 6.92 Å². The maximum Gasteiger partial charge on any atom is 0.216 e. The van der Waals surface area contributed by atoms with Crippen molar-refractivity contribution in [2.24, 2.45) is 0 Å². The molecule has 0 saturated heterocycles. The number of allylic oxidation sites excluding steroid dienone is 1. The quantitative estimate of drug-likeness (QED) is 0.623. The Labute approximate surface area is 152 Å². The third-order valence-electron chi connectivity index (χ3n) is 3.40. The van der Waals surface area contributed by atoms with Gasteiger partial charge in [0.15, 0.2) is 17.3 Å². The van der Waals surface area contributed by atoms with Crippen LogP contribution in [0.2, 0.25) is 0 Å². The molecule has 1 aromatic heterocycles. The fourth-order valence-corrected chi connectivity index (χ4v) is 2.16. The number of carbonyl (C=O) groups excluding carboxylic acids is 1. The molecule has 0 amide bonds. The van der Waals surface area contributed by atoms with Gasteiger partial charge in [-0.1, -0.05) is 6.07 Å². The Bertz CT molecular complexity index is 767. The number of hydrogen-bond acceptors (Lipinski definition) is 6. The van der Waals surface area contributed by atoms with Crippen molar-refractivity contribution in [3.05, 3.63) is 47.0 Å². The smallest absolute Gasteiger partial charge is 0.216 e. The number of aromatic hydroxyl groups is 1. The Balaban J connectivity index is 0.00000312. The lowest BCUT2D eigenvalue weighted by molar-refractivity contribution is 0.103. The van der Waals surface area contributed by atoms with Gasteiger partial charge in [-0.05, 0) is 36.3 Å². The summed E-state index contributed by atoms with van der Waals surface area (Å²) in [5, 5.41) is 9.82. The van der Waals surface area contributed by atoms with E-state index in [-0.39, 0.29) is 23.9 Å². The number of carbonyl (C=O) groups is 1. The molecule has 0 bridgehead atoms. The van der Waals surface area contributed by atoms with E-state index in [1.165, 1.54) is 27.4 Å². The van der Waals surface area contributed by atoms with Crippen molar-refractivity contribution in [3.63, 3.8) is 0 Å². The molecule has 0 unspecified atom stereocenters. The Hall–Kier alpha value is -2.73. The van der Waals surface area contributed by atoms with Gasteiger partial charge < -0.3 is 19.3 Å². The number of rotatable bonds is 6. The van der Waals surface area contributed by atoms with Gasteiger partial charge in [0.05, 0.1) is 21.3 Å². The molecule has 0 spiro atoms. The summed E-state index contributed by atoms with van der Waals surface area (Å²) in [5.41, 5.74) is 1.59. The van der Waals surface area contributed by atoms with Gasteiger partial charge in [-0.3, -0.25) is 4.79 Å². The first-order chi connectivity index (χ1) is 11.5. The van der Waals surface area contributed by atoms with Crippen LogP contribution >= 0.6 is 12.4 Å². The number of methoxy groups -OCH3 is 3. The molecule has 134 valence electrons. The normalized spacial score (nSPS) is 10.6. The summed E-state index contributed by atoms with van der Waals surface area (Å²) in [7, 11) is 4.42. The predicted octanol–water partition coefficient (Wildman–Crippen LogP) is 3.52. The Morgan fingerprint density at radius 2 is 1.64 bits per heavy atom. The Kier molecular flexibility index (Phi) is 7.26. The molecule has 1 N–H and O–H groups in total. The summed E-state index contributed by atoms with van der Waals surface area (Å²) in [4.78, 5) is 16.7. The fourth-order valence-electron chi connectivity index (χ4n) is 2.16. The molecule has 1 aromatic carbocycles. The number of ether oxygens (including phenoxy) is 3. The SMILES string of the molecule is COc1cc(C(=O)/C(C)=C/c2ccc(OC)c(O)c2)cc(OC)n1.Cl. The summed E-state index contributed by atoms with van der Waals surface area (Å²) in [5.74, 6) is 0.794. The molecule has 1 heterocycles. The second-order valence-electron chi connectivity index (χ2n) is 5.03. The van der Waals surface area contributed by atoms with Crippen molar-refractivity contribution in [3.8, 4) is 23.3 Å². The van der Waals surface area contributed by atoms with E-state index in [1.807, 2.05) is 0 Å². The summed E-state index contributed by atoms with van der Waals surface area (Å²) >= 11 is 0. The summed E-state index contributed by atoms with van der Waals surface area (Å²) in [6.07, 6.45) is 1.68. The average Bonchev–Trinajstić information content (AvgIpc) is 2.60. The van der Waals surface area contributed by atoms with Gasteiger partial charge in [0.25, 0.3) is 0 Å². The molecule has 0 radical (unpaired) electrons. The summed E-state index contributed by atoms with van der Waals surface area (Å²) in [6.45, 7) is 1.70. The number of nitrogens with zero attached hydrogens (tertiary/aromatic N) is 1. The number of phenolic OH excluding ortho intramolecular Hbond substituents is 1. The Morgan fingerprint density at radius 1 is 1.04 bits per heavy atom. The Morgan fingerprint density at radius 3 is 2.12 bits per heavy atom. The predicted molar refractivity (Wildman–Crippen MR) is 97.2 cm³/mol. The number of halogens is 1. The van der Waals surface area contributed by atoms with Gasteiger partial charge in [0.2, 0.25) is 11.8 Å². The molecule has 7 heteroatoms. The minimum absolute atomic E-state index is 0. The highest BCUT2D eigenvalue weighted by Gasteiger charge is 2.13. The minimum Gasteiger partial charge on any atom is -0.504 e. The molecule has 0 fully saturated rings. The molecule has 0 aliphatic heterocycles. The second kappa shape index (κ2) is 8.94. The number of hydrogen-bond donors (Lipinski definition) is 1. The number of pyridine rings is 1. The molecular formula is C18H20ClNO5. The van der Waals surface area contributed by atoms with Crippen LogP contribution in [-0.2, 0) is 0 Å². The van der Waals surface area contributed by atoms with Crippen molar-refractivity contribution in [1.29, 1.82) is 0 Å². The van der Waals surface area contributed by atoms with Crippen LogP contribution in [0.25, 0.3) is 6.08 Å². The zero-order chi connectivity index (χ0) is 17.7. The first-order valence-corrected chi connectivity index (χ1v) is 7.18. The molecule has 6 nitrogen and oxygen atoms in total. The highest BCUT2D eigenvalue weighted by atomic mass is 35.5. The lowest BCUT2D eigenvalue weighted by atomic mass is 10.0. The van der Waals surface area contributed by atoms with E-state index in [0.717, 1.165) is 0 Å². The highest BCUT2D eigenvalue weighted by Crippen LogP contribution is 2.28. The van der Waals surface area contributed by atoms with Gasteiger partial charge in [-0.25, -0.2) is 0 Å². The van der Waals surface area contributed by atoms with Crippen molar-refractivity contribution >= 4 is 24.3 Å². The molecule has 0 atom stereocenters. The van der Waals surface area contributed by atoms with E-state index in [0.29, 0.717) is 34.2 Å². The number of phenols is 1. The first-order valence-electron chi connectivity index (χ1n) is 7.18. The van der Waals surface area contributed by atoms with Crippen LogP contribution in [0, 0.1) is 0 Å². The van der Waals surface area contributed by atoms with E-state index < -0.39 is 0 Å². The number of benzene rings is 1. The maximum atomic E-state index is 12.6. The van der Waals surface area contributed by atoms with E-state index in [1.54, 1.807) is 37.3 Å². The third-order valence-corrected chi connectivity index (χ3v) is 3.40. The number of aromatic nitrogens is 1. The molecule has 0 aliphatic rings. The zero-order valence-electron chi connectivity index (χ0n) is 14.4. The first kappa shape index (κ1) is 20.3. The van der Waals surface area contributed by atoms with Crippen LogP contribution in [0.15, 0.2) is 35.9 Å². The molecule has 0 aliphatic carbocycles. The monoisotopic (exact) mass is 365 g/mol. The zero-order valence-corrected chi connectivity index (χ0v) is 15.2. The van der Waals surface area contributed by atoms with E-state index >= 15 is 0 Å². The van der Waals surface area contributed by atoms with Gasteiger partial charge in [0, 0.05) is 17.7 Å². The van der Waals surface area contributed by atoms with Crippen LogP contribution in [-0.4, -0.2) is 37.2 Å². The average molecular weight is 366 g/mol. The number of ketones is 1. The summed E-state index contributed by atoms with van der Waals surface area (Å²) < 4.78 is 15.2. The van der Waals surface area contributed by atoms with E-state index in [4.69, 9.17) is 14.2 Å². The molecule has 2 aromatic rings.